The Morgan fingerprint density at radius 1 is 1.26 bits per heavy atom. The van der Waals surface area contributed by atoms with Crippen LogP contribution in [0.4, 0.5) is 5.69 Å². The Hall–Kier alpha value is -2.75. The van der Waals surface area contributed by atoms with Gasteiger partial charge in [0.15, 0.2) is 5.69 Å². The molecular formula is C16H17N5O2. The summed E-state index contributed by atoms with van der Waals surface area (Å²) in [6.07, 6.45) is 5.68. The Bertz CT molecular complexity index is 739. The Morgan fingerprint density at radius 2 is 1.96 bits per heavy atom. The van der Waals surface area contributed by atoms with Gasteiger partial charge in [-0.3, -0.25) is 10.1 Å². The molecule has 0 saturated heterocycles. The Labute approximate surface area is 133 Å². The molecule has 0 bridgehead atoms. The number of rotatable bonds is 4. The number of nitro benzene ring substituents is 1. The number of non-ortho nitro benzene ring substituents is 1. The molecule has 0 spiro atoms. The molecule has 7 heteroatoms. The molecule has 1 aromatic carbocycles. The predicted molar refractivity (Wildman–Crippen MR) is 82.8 cm³/mol. The van der Waals surface area contributed by atoms with Crippen LogP contribution in [0.5, 0.6) is 0 Å². The van der Waals surface area contributed by atoms with E-state index < -0.39 is 4.92 Å². The second kappa shape index (κ2) is 6.57. The number of nitriles is 1. The van der Waals surface area contributed by atoms with Gasteiger partial charge in [0.1, 0.15) is 6.07 Å². The van der Waals surface area contributed by atoms with Gasteiger partial charge in [0.05, 0.1) is 17.2 Å². The summed E-state index contributed by atoms with van der Waals surface area (Å²) < 4.78 is 1.77. The molecule has 0 amide bonds. The molecule has 7 nitrogen and oxygen atoms in total. The zero-order valence-electron chi connectivity index (χ0n) is 12.7. The van der Waals surface area contributed by atoms with Crippen molar-refractivity contribution in [2.75, 3.05) is 0 Å². The number of benzene rings is 1. The topological polar surface area (TPSA) is 97.6 Å². The average Bonchev–Trinajstić information content (AvgIpc) is 2.99. The van der Waals surface area contributed by atoms with E-state index in [2.05, 4.69) is 16.4 Å². The average molecular weight is 311 g/mol. The molecule has 0 aliphatic heterocycles. The van der Waals surface area contributed by atoms with Crippen molar-refractivity contribution < 1.29 is 4.92 Å². The minimum atomic E-state index is -0.416. The molecule has 2 aromatic rings. The predicted octanol–water partition coefficient (Wildman–Crippen LogP) is 3.15. The first kappa shape index (κ1) is 15.2. The summed E-state index contributed by atoms with van der Waals surface area (Å²) in [5.74, 6) is 0.325. The third-order valence-corrected chi connectivity index (χ3v) is 4.35. The Kier molecular flexibility index (Phi) is 4.33. The van der Waals surface area contributed by atoms with Crippen LogP contribution in [-0.4, -0.2) is 19.9 Å². The lowest BCUT2D eigenvalue weighted by molar-refractivity contribution is -0.384. The van der Waals surface area contributed by atoms with Gasteiger partial charge in [-0.05, 0) is 18.4 Å². The number of aromatic nitrogens is 3. The van der Waals surface area contributed by atoms with E-state index in [1.54, 1.807) is 16.8 Å². The van der Waals surface area contributed by atoms with Gasteiger partial charge in [-0.2, -0.15) is 5.26 Å². The van der Waals surface area contributed by atoms with Crippen LogP contribution in [0, 0.1) is 21.4 Å². The summed E-state index contributed by atoms with van der Waals surface area (Å²) >= 11 is 0. The number of hydrogen-bond donors (Lipinski definition) is 0. The van der Waals surface area contributed by atoms with Gasteiger partial charge in [-0.15, -0.1) is 5.10 Å². The second-order valence-electron chi connectivity index (χ2n) is 5.85. The van der Waals surface area contributed by atoms with Gasteiger partial charge in [0.25, 0.3) is 5.69 Å². The van der Waals surface area contributed by atoms with Crippen LogP contribution in [0.3, 0.4) is 0 Å². The third kappa shape index (κ3) is 3.21. The van der Waals surface area contributed by atoms with Crippen molar-refractivity contribution in [1.29, 1.82) is 5.26 Å². The van der Waals surface area contributed by atoms with E-state index in [1.807, 2.05) is 0 Å². The van der Waals surface area contributed by atoms with E-state index in [1.165, 1.54) is 18.6 Å². The first-order valence-electron chi connectivity index (χ1n) is 7.76. The molecule has 0 unspecified atom stereocenters. The third-order valence-electron chi connectivity index (χ3n) is 4.35. The minimum absolute atomic E-state index is 0.0672. The van der Waals surface area contributed by atoms with E-state index in [4.69, 9.17) is 0 Å². The van der Waals surface area contributed by atoms with Gasteiger partial charge in [-0.25, -0.2) is 4.68 Å². The van der Waals surface area contributed by atoms with Crippen LogP contribution >= 0.6 is 0 Å². The highest BCUT2D eigenvalue weighted by atomic mass is 16.6. The zero-order chi connectivity index (χ0) is 16.2. The fourth-order valence-corrected chi connectivity index (χ4v) is 3.19. The summed E-state index contributed by atoms with van der Waals surface area (Å²) in [5, 5.41) is 28.1. The van der Waals surface area contributed by atoms with Crippen molar-refractivity contribution in [3.8, 4) is 6.07 Å². The number of hydrogen-bond acceptors (Lipinski definition) is 5. The van der Waals surface area contributed by atoms with Crippen LogP contribution in [0.25, 0.3) is 0 Å². The molecule has 1 fully saturated rings. The van der Waals surface area contributed by atoms with E-state index in [0.29, 0.717) is 18.2 Å². The van der Waals surface area contributed by atoms with E-state index in [-0.39, 0.29) is 5.69 Å². The molecular weight excluding hydrogens is 294 g/mol. The van der Waals surface area contributed by atoms with Crippen LogP contribution in [0.1, 0.15) is 55.0 Å². The van der Waals surface area contributed by atoms with Crippen LogP contribution < -0.4 is 0 Å². The summed E-state index contributed by atoms with van der Waals surface area (Å²) in [6, 6.07) is 8.54. The molecule has 1 aliphatic carbocycles. The van der Waals surface area contributed by atoms with Gasteiger partial charge in [0, 0.05) is 18.1 Å². The van der Waals surface area contributed by atoms with Gasteiger partial charge < -0.3 is 0 Å². The molecule has 1 saturated carbocycles. The maximum absolute atomic E-state index is 10.7. The molecule has 118 valence electrons. The molecule has 23 heavy (non-hydrogen) atoms. The zero-order valence-corrected chi connectivity index (χ0v) is 12.7. The number of nitro groups is 1. The second-order valence-corrected chi connectivity index (χ2v) is 5.85. The highest BCUT2D eigenvalue weighted by Crippen LogP contribution is 2.33. The number of nitrogens with zero attached hydrogens (tertiary/aromatic N) is 5. The summed E-state index contributed by atoms with van der Waals surface area (Å²) in [5.41, 5.74) is 2.28. The molecule has 3 rings (SSSR count). The van der Waals surface area contributed by atoms with Crippen LogP contribution in [0.2, 0.25) is 0 Å². The molecule has 0 atom stereocenters. The van der Waals surface area contributed by atoms with Crippen molar-refractivity contribution >= 4 is 5.69 Å². The fourth-order valence-electron chi connectivity index (χ4n) is 3.19. The molecule has 1 aliphatic rings. The monoisotopic (exact) mass is 311 g/mol. The quantitative estimate of drug-likeness (QED) is 0.638. The van der Waals surface area contributed by atoms with E-state index >= 15 is 0 Å². The summed E-state index contributed by atoms with van der Waals surface area (Å²) in [4.78, 5) is 10.3. The first-order chi connectivity index (χ1) is 11.2. The van der Waals surface area contributed by atoms with Crippen molar-refractivity contribution in [1.82, 2.24) is 15.0 Å². The lowest BCUT2D eigenvalue weighted by Gasteiger charge is -2.22. The smallest absolute Gasteiger partial charge is 0.258 e. The normalized spacial score (nSPS) is 15.3. The van der Waals surface area contributed by atoms with Crippen molar-refractivity contribution in [2.24, 2.45) is 0 Å². The lowest BCUT2D eigenvalue weighted by Crippen LogP contribution is -2.14. The largest absolute Gasteiger partial charge is 0.269 e. The highest BCUT2D eigenvalue weighted by Gasteiger charge is 2.24. The van der Waals surface area contributed by atoms with Gasteiger partial charge in [-0.1, -0.05) is 36.6 Å². The Morgan fingerprint density at radius 3 is 2.57 bits per heavy atom. The van der Waals surface area contributed by atoms with Gasteiger partial charge >= 0.3 is 0 Å². The lowest BCUT2D eigenvalue weighted by atomic mass is 9.86. The molecule has 1 heterocycles. The highest BCUT2D eigenvalue weighted by molar-refractivity contribution is 5.34. The van der Waals surface area contributed by atoms with Crippen LogP contribution in [0.15, 0.2) is 24.3 Å². The first-order valence-corrected chi connectivity index (χ1v) is 7.76. The van der Waals surface area contributed by atoms with Gasteiger partial charge in [0.2, 0.25) is 0 Å². The standard InChI is InChI=1S/C16H17N5O2/c17-10-15-16(13-4-2-1-3-5-13)20(19-18-15)11-12-6-8-14(9-7-12)21(22)23/h6-9,13H,1-5,11H2. The van der Waals surface area contributed by atoms with Crippen LogP contribution in [-0.2, 0) is 6.54 Å². The van der Waals surface area contributed by atoms with Crippen molar-refractivity contribution in [3.63, 3.8) is 0 Å². The Balaban J connectivity index is 1.86. The maximum atomic E-state index is 10.7. The minimum Gasteiger partial charge on any atom is -0.258 e. The summed E-state index contributed by atoms with van der Waals surface area (Å²) in [7, 11) is 0. The van der Waals surface area contributed by atoms with E-state index in [9.17, 15) is 15.4 Å². The summed E-state index contributed by atoms with van der Waals surface area (Å²) in [6.45, 7) is 0.471. The maximum Gasteiger partial charge on any atom is 0.269 e. The molecule has 1 aromatic heterocycles. The SMILES string of the molecule is N#Cc1nnn(Cc2ccc([N+](=O)[O-])cc2)c1C1CCCCC1. The van der Waals surface area contributed by atoms with Crippen molar-refractivity contribution in [2.45, 2.75) is 44.6 Å². The molecule has 0 N–H and O–H groups in total. The molecule has 0 radical (unpaired) electrons. The fraction of sp³-hybridized carbons (Fsp3) is 0.438. The van der Waals surface area contributed by atoms with E-state index in [0.717, 1.165) is 36.9 Å². The van der Waals surface area contributed by atoms with Crippen molar-refractivity contribution in [3.05, 3.63) is 51.3 Å².